The molecule has 4 heteroatoms. The van der Waals surface area contributed by atoms with Crippen molar-refractivity contribution in [3.63, 3.8) is 0 Å². The van der Waals surface area contributed by atoms with Crippen LogP contribution in [0.5, 0.6) is 5.75 Å². The predicted molar refractivity (Wildman–Crippen MR) is 66.2 cm³/mol. The molecule has 0 amide bonds. The third-order valence-electron chi connectivity index (χ3n) is 2.71. The lowest BCUT2D eigenvalue weighted by Crippen LogP contribution is -2.21. The zero-order valence-corrected chi connectivity index (χ0v) is 10.7. The van der Waals surface area contributed by atoms with Gasteiger partial charge in [-0.05, 0) is 20.0 Å². The summed E-state index contributed by atoms with van der Waals surface area (Å²) in [6.45, 7) is 2.01. The fourth-order valence-electron chi connectivity index (χ4n) is 1.74. The van der Waals surface area contributed by atoms with Crippen molar-refractivity contribution in [1.29, 1.82) is 0 Å². The van der Waals surface area contributed by atoms with Gasteiger partial charge in [0.05, 0.1) is 20.6 Å². The van der Waals surface area contributed by atoms with Gasteiger partial charge in [0, 0.05) is 11.6 Å². The molecule has 0 aliphatic rings. The maximum Gasteiger partial charge on any atom is 0.307 e. The Kier molecular flexibility index (Phi) is 4.97. The fourth-order valence-corrected chi connectivity index (χ4v) is 1.74. The molecule has 0 fully saturated rings. The molecule has 0 aromatic heterocycles. The minimum atomic E-state index is -0.243. The number of ether oxygens (including phenoxy) is 2. The van der Waals surface area contributed by atoms with E-state index in [1.807, 2.05) is 32.2 Å². The van der Waals surface area contributed by atoms with Crippen LogP contribution in [-0.4, -0.2) is 27.2 Å². The Labute approximate surface area is 102 Å². The summed E-state index contributed by atoms with van der Waals surface area (Å²) in [5, 5.41) is 3.10. The minimum Gasteiger partial charge on any atom is -0.496 e. The summed E-state index contributed by atoms with van der Waals surface area (Å²) in [6, 6.07) is 5.81. The quantitative estimate of drug-likeness (QED) is 0.794. The molecule has 0 bridgehead atoms. The second-order valence-corrected chi connectivity index (χ2v) is 3.87. The van der Waals surface area contributed by atoms with Crippen LogP contribution in [0.4, 0.5) is 0 Å². The second kappa shape index (κ2) is 6.25. The fraction of sp³-hybridized carbons (Fsp3) is 0.462. The van der Waals surface area contributed by atoms with Crippen LogP contribution >= 0.6 is 0 Å². The molecule has 17 heavy (non-hydrogen) atoms. The molecule has 0 aliphatic carbocycles. The number of methoxy groups -OCH3 is 2. The van der Waals surface area contributed by atoms with Gasteiger partial charge in [-0.3, -0.25) is 4.79 Å². The van der Waals surface area contributed by atoms with E-state index in [-0.39, 0.29) is 18.4 Å². The van der Waals surface area contributed by atoms with Gasteiger partial charge in [-0.15, -0.1) is 0 Å². The van der Waals surface area contributed by atoms with Crippen LogP contribution in [0.25, 0.3) is 0 Å². The van der Waals surface area contributed by atoms with Crippen LogP contribution in [0.1, 0.15) is 23.6 Å². The number of esters is 1. The van der Waals surface area contributed by atoms with Crippen molar-refractivity contribution < 1.29 is 14.3 Å². The van der Waals surface area contributed by atoms with Crippen molar-refractivity contribution in [2.24, 2.45) is 0 Å². The molecule has 0 spiro atoms. The van der Waals surface area contributed by atoms with Crippen LogP contribution in [-0.2, 0) is 9.53 Å². The van der Waals surface area contributed by atoms with Crippen LogP contribution < -0.4 is 10.1 Å². The zero-order valence-electron chi connectivity index (χ0n) is 10.7. The first-order valence-electron chi connectivity index (χ1n) is 5.51. The molecule has 0 saturated carbocycles. The second-order valence-electron chi connectivity index (χ2n) is 3.87. The highest BCUT2D eigenvalue weighted by Gasteiger charge is 2.18. The molecular formula is C13H19NO3. The Balaban J connectivity index is 3.01. The largest absolute Gasteiger partial charge is 0.496 e. The molecule has 0 radical (unpaired) electrons. The van der Waals surface area contributed by atoms with Gasteiger partial charge in [0.15, 0.2) is 0 Å². The van der Waals surface area contributed by atoms with Gasteiger partial charge in [-0.1, -0.05) is 17.7 Å². The van der Waals surface area contributed by atoms with Gasteiger partial charge < -0.3 is 14.8 Å². The molecule has 1 N–H and O–H groups in total. The van der Waals surface area contributed by atoms with E-state index in [4.69, 9.17) is 4.74 Å². The van der Waals surface area contributed by atoms with E-state index in [9.17, 15) is 4.79 Å². The van der Waals surface area contributed by atoms with E-state index in [0.717, 1.165) is 16.9 Å². The average Bonchev–Trinajstić information content (AvgIpc) is 2.35. The molecule has 94 valence electrons. The van der Waals surface area contributed by atoms with Gasteiger partial charge in [0.1, 0.15) is 5.75 Å². The maximum atomic E-state index is 11.3. The molecule has 1 unspecified atom stereocenters. The molecule has 0 heterocycles. The first-order valence-corrected chi connectivity index (χ1v) is 5.51. The number of carbonyl (C=O) groups is 1. The van der Waals surface area contributed by atoms with Crippen molar-refractivity contribution in [3.8, 4) is 5.75 Å². The third-order valence-corrected chi connectivity index (χ3v) is 2.71. The van der Waals surface area contributed by atoms with Gasteiger partial charge in [-0.25, -0.2) is 0 Å². The first kappa shape index (κ1) is 13.5. The lowest BCUT2D eigenvalue weighted by molar-refractivity contribution is -0.141. The van der Waals surface area contributed by atoms with Gasteiger partial charge in [0.25, 0.3) is 0 Å². The van der Waals surface area contributed by atoms with Crippen molar-refractivity contribution in [2.75, 3.05) is 21.3 Å². The number of hydrogen-bond donors (Lipinski definition) is 1. The summed E-state index contributed by atoms with van der Waals surface area (Å²) >= 11 is 0. The Morgan fingerprint density at radius 2 is 2.12 bits per heavy atom. The number of nitrogens with one attached hydrogen (secondary N) is 1. The number of carbonyl (C=O) groups excluding carboxylic acids is 1. The molecule has 1 aromatic rings. The van der Waals surface area contributed by atoms with Gasteiger partial charge >= 0.3 is 5.97 Å². The molecule has 0 aliphatic heterocycles. The smallest absolute Gasteiger partial charge is 0.307 e. The highest BCUT2D eigenvalue weighted by atomic mass is 16.5. The van der Waals surface area contributed by atoms with Gasteiger partial charge in [-0.2, -0.15) is 0 Å². The highest BCUT2D eigenvalue weighted by molar-refractivity contribution is 5.70. The van der Waals surface area contributed by atoms with Crippen molar-refractivity contribution in [3.05, 3.63) is 29.3 Å². The topological polar surface area (TPSA) is 47.6 Å². The van der Waals surface area contributed by atoms with Crippen LogP contribution in [0, 0.1) is 6.92 Å². The Morgan fingerprint density at radius 1 is 1.41 bits per heavy atom. The van der Waals surface area contributed by atoms with Crippen molar-refractivity contribution >= 4 is 5.97 Å². The van der Waals surface area contributed by atoms with E-state index in [1.165, 1.54) is 7.11 Å². The van der Waals surface area contributed by atoms with E-state index >= 15 is 0 Å². The lowest BCUT2D eigenvalue weighted by atomic mass is 10.0. The number of rotatable bonds is 5. The maximum absolute atomic E-state index is 11.3. The SMILES string of the molecule is CNC(CC(=O)OC)c1cc(C)ccc1OC. The molecular weight excluding hydrogens is 218 g/mol. The molecule has 1 atom stereocenters. The van der Waals surface area contributed by atoms with Crippen LogP contribution in [0.2, 0.25) is 0 Å². The first-order chi connectivity index (χ1) is 8.12. The van der Waals surface area contributed by atoms with E-state index in [1.54, 1.807) is 7.11 Å². The van der Waals surface area contributed by atoms with Crippen LogP contribution in [0.15, 0.2) is 18.2 Å². The van der Waals surface area contributed by atoms with E-state index in [2.05, 4.69) is 10.1 Å². The molecule has 0 saturated heterocycles. The number of aryl methyl sites for hydroxylation is 1. The molecule has 1 rings (SSSR count). The highest BCUT2D eigenvalue weighted by Crippen LogP contribution is 2.28. The predicted octanol–water partition coefficient (Wildman–Crippen LogP) is 1.83. The molecule has 4 nitrogen and oxygen atoms in total. The summed E-state index contributed by atoms with van der Waals surface area (Å²) in [5.41, 5.74) is 2.10. The minimum absolute atomic E-state index is 0.0997. The summed E-state index contributed by atoms with van der Waals surface area (Å²) in [7, 11) is 4.83. The van der Waals surface area contributed by atoms with Crippen LogP contribution in [0.3, 0.4) is 0 Å². The van der Waals surface area contributed by atoms with Crippen molar-refractivity contribution in [1.82, 2.24) is 5.32 Å². The van der Waals surface area contributed by atoms with Gasteiger partial charge in [0.2, 0.25) is 0 Å². The summed E-state index contributed by atoms with van der Waals surface area (Å²) in [6.07, 6.45) is 0.285. The van der Waals surface area contributed by atoms with E-state index in [0.29, 0.717) is 0 Å². The average molecular weight is 237 g/mol. The number of benzene rings is 1. The van der Waals surface area contributed by atoms with Crippen molar-refractivity contribution in [2.45, 2.75) is 19.4 Å². The Morgan fingerprint density at radius 3 is 2.65 bits per heavy atom. The third kappa shape index (κ3) is 3.46. The molecule has 1 aromatic carbocycles. The summed E-state index contributed by atoms with van der Waals surface area (Å²) in [4.78, 5) is 11.3. The lowest BCUT2D eigenvalue weighted by Gasteiger charge is -2.18. The zero-order chi connectivity index (χ0) is 12.8. The summed E-state index contributed by atoms with van der Waals surface area (Å²) in [5.74, 6) is 0.534. The monoisotopic (exact) mass is 237 g/mol. The number of hydrogen-bond acceptors (Lipinski definition) is 4. The normalized spacial score (nSPS) is 12.0. The Bertz CT molecular complexity index is 390. The standard InChI is InChI=1S/C13H19NO3/c1-9-5-6-12(16-3)10(7-9)11(14-2)8-13(15)17-4/h5-7,11,14H,8H2,1-4H3. The van der Waals surface area contributed by atoms with E-state index < -0.39 is 0 Å². The Hall–Kier alpha value is -1.55. The summed E-state index contributed by atoms with van der Waals surface area (Å²) < 4.78 is 9.99.